The summed E-state index contributed by atoms with van der Waals surface area (Å²) in [4.78, 5) is 13.8. The molecule has 0 unspecified atom stereocenters. The molecule has 0 atom stereocenters. The molecule has 2 rings (SSSR count). The van der Waals surface area contributed by atoms with E-state index in [-0.39, 0.29) is 12.2 Å². The molecule has 0 aromatic heterocycles. The van der Waals surface area contributed by atoms with Crippen molar-refractivity contribution in [3.8, 4) is 5.75 Å². The summed E-state index contributed by atoms with van der Waals surface area (Å²) in [6, 6.07) is 7.28. The maximum atomic E-state index is 12.0. The Balaban J connectivity index is 1.48. The number of nitrogen functional groups attached to an aromatic ring is 1. The van der Waals surface area contributed by atoms with Gasteiger partial charge in [-0.1, -0.05) is 0 Å². The van der Waals surface area contributed by atoms with Gasteiger partial charge in [-0.2, -0.15) is 0 Å². The van der Waals surface area contributed by atoms with E-state index in [0.717, 1.165) is 18.6 Å². The van der Waals surface area contributed by atoms with Crippen LogP contribution in [-0.2, 0) is 14.2 Å². The molecule has 1 aromatic carbocycles. The molecule has 1 fully saturated rings. The van der Waals surface area contributed by atoms with Crippen molar-refractivity contribution in [2.45, 2.75) is 45.3 Å². The van der Waals surface area contributed by atoms with Gasteiger partial charge in [0.1, 0.15) is 18.0 Å². The van der Waals surface area contributed by atoms with E-state index in [2.05, 4.69) is 0 Å². The molecule has 1 aliphatic rings. The number of rotatable bonds is 8. The number of amides is 1. The summed E-state index contributed by atoms with van der Waals surface area (Å²) < 4.78 is 22.3. The third kappa shape index (κ3) is 8.49. The van der Waals surface area contributed by atoms with Crippen molar-refractivity contribution in [1.82, 2.24) is 4.90 Å². The van der Waals surface area contributed by atoms with Gasteiger partial charge in [-0.15, -0.1) is 0 Å². The highest BCUT2D eigenvalue weighted by Crippen LogP contribution is 2.17. The van der Waals surface area contributed by atoms with Gasteiger partial charge in [0.2, 0.25) is 0 Å². The average molecular weight is 380 g/mol. The number of likely N-dealkylation sites (tertiary alicyclic amines) is 1. The zero-order chi connectivity index (χ0) is 19.7. The second-order valence-electron chi connectivity index (χ2n) is 7.57. The van der Waals surface area contributed by atoms with Crippen LogP contribution >= 0.6 is 0 Å². The van der Waals surface area contributed by atoms with Crippen LogP contribution in [0.2, 0.25) is 0 Å². The van der Waals surface area contributed by atoms with Crippen LogP contribution in [0.15, 0.2) is 24.3 Å². The minimum absolute atomic E-state index is 0.165. The van der Waals surface area contributed by atoms with Gasteiger partial charge in [-0.3, -0.25) is 0 Å². The van der Waals surface area contributed by atoms with Gasteiger partial charge in [0.25, 0.3) is 0 Å². The Hall–Kier alpha value is -1.99. The Morgan fingerprint density at radius 1 is 1.07 bits per heavy atom. The second kappa shape index (κ2) is 10.4. The molecule has 0 aliphatic carbocycles. The zero-order valence-corrected chi connectivity index (χ0v) is 16.6. The number of hydrogen-bond donors (Lipinski definition) is 1. The average Bonchev–Trinajstić information content (AvgIpc) is 2.61. The summed E-state index contributed by atoms with van der Waals surface area (Å²) in [5.41, 5.74) is 5.88. The molecule has 0 radical (unpaired) electrons. The van der Waals surface area contributed by atoms with Gasteiger partial charge in [0, 0.05) is 18.8 Å². The number of benzene rings is 1. The van der Waals surface area contributed by atoms with E-state index < -0.39 is 5.60 Å². The fourth-order valence-electron chi connectivity index (χ4n) is 2.69. The normalized spacial score (nSPS) is 15.6. The van der Waals surface area contributed by atoms with Gasteiger partial charge in [0.05, 0.1) is 25.9 Å². The number of ether oxygens (including phenoxy) is 4. The fourth-order valence-corrected chi connectivity index (χ4v) is 2.69. The molecule has 0 saturated carbocycles. The maximum Gasteiger partial charge on any atom is 0.410 e. The van der Waals surface area contributed by atoms with Gasteiger partial charge in [-0.25, -0.2) is 4.79 Å². The molecule has 2 N–H and O–H groups in total. The standard InChI is InChI=1S/C20H32N2O5/c1-20(2,3)27-19(23)22-10-8-18(9-11-22)26-15-13-24-12-14-25-17-6-4-16(21)5-7-17/h4-7,18H,8-15,21H2,1-3H3. The van der Waals surface area contributed by atoms with Crippen LogP contribution < -0.4 is 10.5 Å². The lowest BCUT2D eigenvalue weighted by Gasteiger charge is -2.33. The first kappa shape index (κ1) is 21.3. The van der Waals surface area contributed by atoms with E-state index in [4.69, 9.17) is 24.7 Å². The highest BCUT2D eigenvalue weighted by atomic mass is 16.6. The van der Waals surface area contributed by atoms with Crippen molar-refractivity contribution < 1.29 is 23.7 Å². The first-order valence-electron chi connectivity index (χ1n) is 9.49. The van der Waals surface area contributed by atoms with Crippen molar-refractivity contribution in [3.05, 3.63) is 24.3 Å². The largest absolute Gasteiger partial charge is 0.491 e. The number of nitrogens with two attached hydrogens (primary N) is 1. The summed E-state index contributed by atoms with van der Waals surface area (Å²) in [6.07, 6.45) is 1.56. The molecular formula is C20H32N2O5. The van der Waals surface area contributed by atoms with Crippen LogP contribution in [0.1, 0.15) is 33.6 Å². The smallest absolute Gasteiger partial charge is 0.410 e. The molecule has 27 heavy (non-hydrogen) atoms. The predicted octanol–water partition coefficient (Wildman–Crippen LogP) is 3.08. The maximum absolute atomic E-state index is 12.0. The molecule has 7 heteroatoms. The van der Waals surface area contributed by atoms with E-state index in [0.29, 0.717) is 45.2 Å². The second-order valence-corrected chi connectivity index (χ2v) is 7.57. The minimum Gasteiger partial charge on any atom is -0.491 e. The van der Waals surface area contributed by atoms with E-state index >= 15 is 0 Å². The highest BCUT2D eigenvalue weighted by molar-refractivity contribution is 5.68. The minimum atomic E-state index is -0.459. The van der Waals surface area contributed by atoms with Gasteiger partial charge in [0.15, 0.2) is 0 Å². The third-order valence-corrected chi connectivity index (χ3v) is 4.05. The van der Waals surface area contributed by atoms with Crippen LogP contribution in [0.4, 0.5) is 10.5 Å². The van der Waals surface area contributed by atoms with E-state index in [1.807, 2.05) is 32.9 Å². The lowest BCUT2D eigenvalue weighted by Crippen LogP contribution is -2.43. The van der Waals surface area contributed by atoms with Crippen molar-refractivity contribution in [3.63, 3.8) is 0 Å². The molecule has 0 spiro atoms. The number of carbonyl (C=O) groups is 1. The molecule has 1 amide bonds. The fraction of sp³-hybridized carbons (Fsp3) is 0.650. The quantitative estimate of drug-likeness (QED) is 0.551. The summed E-state index contributed by atoms with van der Waals surface area (Å²) >= 11 is 0. The van der Waals surface area contributed by atoms with Crippen molar-refractivity contribution >= 4 is 11.8 Å². The van der Waals surface area contributed by atoms with Crippen LogP contribution in [0.3, 0.4) is 0 Å². The zero-order valence-electron chi connectivity index (χ0n) is 16.6. The number of anilines is 1. The van der Waals surface area contributed by atoms with Gasteiger partial charge in [-0.05, 0) is 57.9 Å². The number of carbonyl (C=O) groups excluding carboxylic acids is 1. The summed E-state index contributed by atoms with van der Waals surface area (Å²) in [5.74, 6) is 0.779. The molecule has 1 saturated heterocycles. The Kier molecular flexibility index (Phi) is 8.19. The summed E-state index contributed by atoms with van der Waals surface area (Å²) in [5, 5.41) is 0. The molecular weight excluding hydrogens is 348 g/mol. The number of hydrogen-bond acceptors (Lipinski definition) is 6. The van der Waals surface area contributed by atoms with E-state index in [1.54, 1.807) is 17.0 Å². The number of nitrogens with zero attached hydrogens (tertiary/aromatic N) is 1. The molecule has 7 nitrogen and oxygen atoms in total. The first-order chi connectivity index (χ1) is 12.8. The Bertz CT molecular complexity index is 563. The molecule has 1 aromatic rings. The first-order valence-corrected chi connectivity index (χ1v) is 9.49. The summed E-state index contributed by atoms with van der Waals surface area (Å²) in [6.45, 7) is 9.01. The van der Waals surface area contributed by atoms with Crippen molar-refractivity contribution in [2.75, 3.05) is 45.3 Å². The summed E-state index contributed by atoms with van der Waals surface area (Å²) in [7, 11) is 0. The monoisotopic (exact) mass is 380 g/mol. The van der Waals surface area contributed by atoms with Crippen LogP contribution in [0.5, 0.6) is 5.75 Å². The van der Waals surface area contributed by atoms with Crippen LogP contribution in [0, 0.1) is 0 Å². The Morgan fingerprint density at radius 2 is 1.70 bits per heavy atom. The van der Waals surface area contributed by atoms with Crippen LogP contribution in [-0.4, -0.2) is 62.2 Å². The Labute approximate surface area is 161 Å². The van der Waals surface area contributed by atoms with Crippen LogP contribution in [0.25, 0.3) is 0 Å². The van der Waals surface area contributed by atoms with E-state index in [1.165, 1.54) is 0 Å². The highest BCUT2D eigenvalue weighted by Gasteiger charge is 2.26. The van der Waals surface area contributed by atoms with Crippen molar-refractivity contribution in [2.24, 2.45) is 0 Å². The molecule has 152 valence electrons. The topological polar surface area (TPSA) is 83.2 Å². The number of piperidine rings is 1. The van der Waals surface area contributed by atoms with E-state index in [9.17, 15) is 4.79 Å². The molecule has 1 aliphatic heterocycles. The SMILES string of the molecule is CC(C)(C)OC(=O)N1CCC(OCCOCCOc2ccc(N)cc2)CC1. The lowest BCUT2D eigenvalue weighted by atomic mass is 10.1. The van der Waals surface area contributed by atoms with Crippen molar-refractivity contribution in [1.29, 1.82) is 0 Å². The molecule has 1 heterocycles. The lowest BCUT2D eigenvalue weighted by molar-refractivity contribution is -0.0314. The third-order valence-electron chi connectivity index (χ3n) is 4.05. The Morgan fingerprint density at radius 3 is 2.33 bits per heavy atom. The molecule has 0 bridgehead atoms. The predicted molar refractivity (Wildman–Crippen MR) is 104 cm³/mol. The van der Waals surface area contributed by atoms with Gasteiger partial charge < -0.3 is 29.6 Å². The van der Waals surface area contributed by atoms with Gasteiger partial charge >= 0.3 is 6.09 Å².